The second-order valence-electron chi connectivity index (χ2n) is 5.84. The van der Waals surface area contributed by atoms with Crippen LogP contribution in [0.2, 0.25) is 0 Å². The minimum Gasteiger partial charge on any atom is -0.480 e. The summed E-state index contributed by atoms with van der Waals surface area (Å²) in [5, 5.41) is 8.81. The molecule has 0 aromatic heterocycles. The largest absolute Gasteiger partial charge is 0.480 e. The van der Waals surface area contributed by atoms with E-state index in [0.717, 1.165) is 0 Å². The van der Waals surface area contributed by atoms with Crippen molar-refractivity contribution in [2.45, 2.75) is 32.4 Å². The fraction of sp³-hybridized carbons (Fsp3) is 0.769. The van der Waals surface area contributed by atoms with E-state index in [0.29, 0.717) is 6.54 Å². The molecule has 8 nitrogen and oxygen atoms in total. The van der Waals surface area contributed by atoms with Crippen LogP contribution in [0.4, 0.5) is 4.79 Å². The molecule has 0 unspecified atom stereocenters. The van der Waals surface area contributed by atoms with Gasteiger partial charge < -0.3 is 14.6 Å². The van der Waals surface area contributed by atoms with Gasteiger partial charge in [0.05, 0.1) is 13.7 Å². The van der Waals surface area contributed by atoms with E-state index in [9.17, 15) is 14.4 Å². The van der Waals surface area contributed by atoms with E-state index in [1.807, 2.05) is 0 Å². The summed E-state index contributed by atoms with van der Waals surface area (Å²) < 4.78 is 9.95. The van der Waals surface area contributed by atoms with E-state index < -0.39 is 29.7 Å². The monoisotopic (exact) mass is 302 g/mol. The van der Waals surface area contributed by atoms with Gasteiger partial charge in [-0.3, -0.25) is 14.6 Å². The molecule has 1 fully saturated rings. The zero-order valence-corrected chi connectivity index (χ0v) is 12.8. The Morgan fingerprint density at radius 1 is 1.24 bits per heavy atom. The summed E-state index contributed by atoms with van der Waals surface area (Å²) in [7, 11) is 1.23. The Kier molecular flexibility index (Phi) is 5.54. The summed E-state index contributed by atoms with van der Waals surface area (Å²) in [6.45, 7) is 5.70. The summed E-state index contributed by atoms with van der Waals surface area (Å²) in [5.74, 6) is -1.57. The molecule has 1 aliphatic heterocycles. The summed E-state index contributed by atoms with van der Waals surface area (Å²) >= 11 is 0. The molecule has 1 amide bonds. The van der Waals surface area contributed by atoms with E-state index in [-0.39, 0.29) is 19.6 Å². The minimum absolute atomic E-state index is 0.109. The van der Waals surface area contributed by atoms with Gasteiger partial charge in [-0.1, -0.05) is 0 Å². The van der Waals surface area contributed by atoms with Crippen LogP contribution >= 0.6 is 0 Å². The first-order valence-corrected chi connectivity index (χ1v) is 6.65. The number of methoxy groups -OCH3 is 1. The Morgan fingerprint density at radius 2 is 1.86 bits per heavy atom. The molecule has 1 saturated heterocycles. The minimum atomic E-state index is -0.982. The highest BCUT2D eigenvalue weighted by Crippen LogP contribution is 2.16. The predicted octanol–water partition coefficient (Wildman–Crippen LogP) is 0.165. The lowest BCUT2D eigenvalue weighted by Crippen LogP contribution is -2.59. The summed E-state index contributed by atoms with van der Waals surface area (Å²) in [5.41, 5.74) is -0.671. The number of rotatable bonds is 3. The van der Waals surface area contributed by atoms with Gasteiger partial charge in [-0.15, -0.1) is 0 Å². The molecule has 120 valence electrons. The first-order valence-electron chi connectivity index (χ1n) is 6.65. The first kappa shape index (κ1) is 17.2. The molecule has 1 N–H and O–H groups in total. The Balaban J connectivity index is 2.81. The zero-order valence-electron chi connectivity index (χ0n) is 12.8. The van der Waals surface area contributed by atoms with Crippen LogP contribution in [0.3, 0.4) is 0 Å². The van der Waals surface area contributed by atoms with Crippen LogP contribution in [0.15, 0.2) is 0 Å². The number of aliphatic carboxylic acids is 1. The zero-order chi connectivity index (χ0) is 16.2. The molecule has 0 saturated carbocycles. The van der Waals surface area contributed by atoms with Gasteiger partial charge in [0, 0.05) is 19.6 Å². The Hall–Kier alpha value is -1.83. The van der Waals surface area contributed by atoms with E-state index in [2.05, 4.69) is 0 Å². The highest BCUT2D eigenvalue weighted by molar-refractivity contribution is 5.82. The van der Waals surface area contributed by atoms with Gasteiger partial charge in [-0.2, -0.15) is 0 Å². The number of esters is 1. The maximum Gasteiger partial charge on any atom is 0.411 e. The van der Waals surface area contributed by atoms with Gasteiger partial charge in [-0.05, 0) is 20.8 Å². The number of piperazine rings is 1. The molecule has 0 bridgehead atoms. The molecule has 0 aromatic carbocycles. The van der Waals surface area contributed by atoms with Crippen LogP contribution in [0.5, 0.6) is 0 Å². The summed E-state index contributed by atoms with van der Waals surface area (Å²) in [4.78, 5) is 37.6. The van der Waals surface area contributed by atoms with Crippen LogP contribution in [0.25, 0.3) is 0 Å². The van der Waals surface area contributed by atoms with Crippen LogP contribution < -0.4 is 0 Å². The van der Waals surface area contributed by atoms with Crippen molar-refractivity contribution >= 4 is 18.0 Å². The van der Waals surface area contributed by atoms with Crippen molar-refractivity contribution in [1.29, 1.82) is 0 Å². The SMILES string of the molecule is COC(=O)[C@@H]1CN(CC(=O)O)CCN1C(=O)OC(C)(C)C. The molecule has 8 heteroatoms. The van der Waals surface area contributed by atoms with Crippen molar-refractivity contribution in [3.05, 3.63) is 0 Å². The average molecular weight is 302 g/mol. The number of carboxylic acids is 1. The van der Waals surface area contributed by atoms with Crippen molar-refractivity contribution in [2.24, 2.45) is 0 Å². The Labute approximate surface area is 123 Å². The van der Waals surface area contributed by atoms with Gasteiger partial charge >= 0.3 is 18.0 Å². The molecular formula is C13H22N2O6. The molecule has 1 atom stereocenters. The fourth-order valence-corrected chi connectivity index (χ4v) is 2.05. The number of carboxylic acid groups (broad SMARTS) is 1. The smallest absolute Gasteiger partial charge is 0.411 e. The molecule has 1 rings (SSSR count). The normalized spacial score (nSPS) is 20.0. The molecule has 0 aromatic rings. The van der Waals surface area contributed by atoms with E-state index in [1.165, 1.54) is 12.0 Å². The van der Waals surface area contributed by atoms with Crippen LogP contribution in [-0.2, 0) is 19.1 Å². The number of ether oxygens (including phenoxy) is 2. The molecule has 0 radical (unpaired) electrons. The number of amides is 1. The lowest BCUT2D eigenvalue weighted by Gasteiger charge is -2.39. The van der Waals surface area contributed by atoms with Gasteiger partial charge in [0.2, 0.25) is 0 Å². The number of carbonyl (C=O) groups is 3. The highest BCUT2D eigenvalue weighted by Gasteiger charge is 2.38. The van der Waals surface area contributed by atoms with E-state index in [4.69, 9.17) is 14.6 Å². The fourth-order valence-electron chi connectivity index (χ4n) is 2.05. The van der Waals surface area contributed by atoms with Crippen molar-refractivity contribution in [3.63, 3.8) is 0 Å². The van der Waals surface area contributed by atoms with Crippen LogP contribution in [-0.4, -0.2) is 77.9 Å². The third-order valence-corrected chi connectivity index (χ3v) is 2.92. The molecule has 21 heavy (non-hydrogen) atoms. The Bertz CT molecular complexity index is 417. The van der Waals surface area contributed by atoms with Gasteiger partial charge in [-0.25, -0.2) is 9.59 Å². The maximum absolute atomic E-state index is 12.1. The van der Waals surface area contributed by atoms with Crippen LogP contribution in [0, 0.1) is 0 Å². The second-order valence-corrected chi connectivity index (χ2v) is 5.84. The molecule has 0 spiro atoms. The third-order valence-electron chi connectivity index (χ3n) is 2.92. The Morgan fingerprint density at radius 3 is 2.33 bits per heavy atom. The van der Waals surface area contributed by atoms with E-state index in [1.54, 1.807) is 25.7 Å². The molecule has 1 aliphatic rings. The van der Waals surface area contributed by atoms with Gasteiger partial charge in [0.25, 0.3) is 0 Å². The van der Waals surface area contributed by atoms with Crippen molar-refractivity contribution in [3.8, 4) is 0 Å². The first-order chi connectivity index (χ1) is 9.64. The molecule has 1 heterocycles. The topological polar surface area (TPSA) is 96.4 Å². The van der Waals surface area contributed by atoms with Crippen molar-refractivity contribution in [2.75, 3.05) is 33.3 Å². The van der Waals surface area contributed by atoms with E-state index >= 15 is 0 Å². The quantitative estimate of drug-likeness (QED) is 0.742. The third kappa shape index (κ3) is 5.22. The number of nitrogens with zero attached hydrogens (tertiary/aromatic N) is 2. The molecule has 0 aliphatic carbocycles. The van der Waals surface area contributed by atoms with Crippen molar-refractivity contribution < 1.29 is 29.0 Å². The predicted molar refractivity (Wildman–Crippen MR) is 72.8 cm³/mol. The summed E-state index contributed by atoms with van der Waals surface area (Å²) in [6.07, 6.45) is -0.604. The van der Waals surface area contributed by atoms with Crippen LogP contribution in [0.1, 0.15) is 20.8 Å². The molecular weight excluding hydrogens is 280 g/mol. The lowest BCUT2D eigenvalue weighted by atomic mass is 10.1. The number of hydrogen-bond acceptors (Lipinski definition) is 6. The highest BCUT2D eigenvalue weighted by atomic mass is 16.6. The van der Waals surface area contributed by atoms with Gasteiger partial charge in [0.15, 0.2) is 0 Å². The van der Waals surface area contributed by atoms with Gasteiger partial charge in [0.1, 0.15) is 11.6 Å². The second kappa shape index (κ2) is 6.75. The standard InChI is InChI=1S/C13H22N2O6/c1-13(2,3)21-12(19)15-6-5-14(8-10(16)17)7-9(15)11(18)20-4/h9H,5-8H2,1-4H3,(H,16,17)/t9-/m0/s1. The lowest BCUT2D eigenvalue weighted by molar-refractivity contribution is -0.151. The number of hydrogen-bond donors (Lipinski definition) is 1. The maximum atomic E-state index is 12.1. The number of carbonyl (C=O) groups excluding carboxylic acids is 2. The van der Waals surface area contributed by atoms with Crippen molar-refractivity contribution in [1.82, 2.24) is 9.80 Å². The average Bonchev–Trinajstić information content (AvgIpc) is 2.34. The summed E-state index contributed by atoms with van der Waals surface area (Å²) in [6, 6.07) is -0.863.